The lowest BCUT2D eigenvalue weighted by atomic mass is 10.0. The fourth-order valence-corrected chi connectivity index (χ4v) is 4.25. The van der Waals surface area contributed by atoms with Crippen molar-refractivity contribution in [1.29, 1.82) is 5.41 Å². The van der Waals surface area contributed by atoms with Crippen LogP contribution >= 0.6 is 0 Å². The largest absolute Gasteiger partial charge is 0.480 e. The van der Waals surface area contributed by atoms with Crippen LogP contribution < -0.4 is 15.4 Å². The summed E-state index contributed by atoms with van der Waals surface area (Å²) in [6, 6.07) is 2.86. The average Bonchev–Trinajstić information content (AvgIpc) is 2.67. The van der Waals surface area contributed by atoms with Crippen LogP contribution in [0.1, 0.15) is 35.9 Å². The Labute approximate surface area is 167 Å². The van der Waals surface area contributed by atoms with Gasteiger partial charge in [0.05, 0.1) is 31.3 Å². The van der Waals surface area contributed by atoms with Crippen LogP contribution in [-0.4, -0.2) is 47.7 Å². The Bertz CT molecular complexity index is 1070. The Morgan fingerprint density at radius 1 is 1.34 bits per heavy atom. The number of aromatic nitrogens is 2. The first-order chi connectivity index (χ1) is 13.5. The van der Waals surface area contributed by atoms with Crippen molar-refractivity contribution in [2.45, 2.75) is 24.6 Å². The van der Waals surface area contributed by atoms with Gasteiger partial charge in [0, 0.05) is 11.3 Å². The first kappa shape index (κ1) is 20.6. The van der Waals surface area contributed by atoms with Gasteiger partial charge in [0.2, 0.25) is 5.88 Å². The molecule has 0 radical (unpaired) electrons. The number of carbonyl (C=O) groups is 1. The number of nitrogens with zero attached hydrogens (tertiary/aromatic N) is 2. The molecule has 1 unspecified atom stereocenters. The zero-order chi connectivity index (χ0) is 21.4. The van der Waals surface area contributed by atoms with E-state index in [1.807, 2.05) is 0 Å². The number of hydrogen-bond acceptors (Lipinski definition) is 7. The Morgan fingerprint density at radius 3 is 2.66 bits per heavy atom. The van der Waals surface area contributed by atoms with E-state index in [9.17, 15) is 17.6 Å². The number of sulfone groups is 1. The summed E-state index contributed by atoms with van der Waals surface area (Å²) < 4.78 is 42.9. The molecule has 3 N–H and O–H groups in total. The number of methoxy groups -OCH3 is 1. The van der Waals surface area contributed by atoms with Gasteiger partial charge in [-0.15, -0.1) is 0 Å². The third kappa shape index (κ3) is 3.90. The molecule has 1 atom stereocenters. The van der Waals surface area contributed by atoms with Gasteiger partial charge in [-0.1, -0.05) is 0 Å². The summed E-state index contributed by atoms with van der Waals surface area (Å²) in [7, 11) is -2.26. The van der Waals surface area contributed by atoms with E-state index < -0.39 is 32.4 Å². The number of amides is 1. The molecule has 11 heteroatoms. The van der Waals surface area contributed by atoms with Crippen molar-refractivity contribution in [2.24, 2.45) is 0 Å². The number of hydrogen-bond donors (Lipinski definition) is 3. The maximum absolute atomic E-state index is 14.4. The monoisotopic (exact) mass is 421 g/mol. The molecule has 9 nitrogen and oxygen atoms in total. The first-order valence-corrected chi connectivity index (χ1v) is 10.2. The molecule has 2 aromatic rings. The van der Waals surface area contributed by atoms with Crippen LogP contribution in [0.4, 0.5) is 10.1 Å². The van der Waals surface area contributed by atoms with E-state index >= 15 is 0 Å². The number of rotatable bonds is 4. The maximum atomic E-state index is 14.4. The number of amidine groups is 1. The molecule has 1 saturated heterocycles. The molecule has 1 aliphatic heterocycles. The van der Waals surface area contributed by atoms with Gasteiger partial charge in [0.25, 0.3) is 5.91 Å². The molecule has 0 spiro atoms. The molecule has 2 heterocycles. The van der Waals surface area contributed by atoms with Gasteiger partial charge in [-0.3, -0.25) is 10.2 Å². The minimum absolute atomic E-state index is 0.0265. The molecule has 1 aromatic carbocycles. The number of benzene rings is 1. The van der Waals surface area contributed by atoms with Gasteiger partial charge in [-0.2, -0.15) is 0 Å². The zero-order valence-electron chi connectivity index (χ0n) is 16.0. The number of nitrogens with one attached hydrogen (secondary N) is 3. The lowest BCUT2D eigenvalue weighted by molar-refractivity contribution is 0.102. The summed E-state index contributed by atoms with van der Waals surface area (Å²) in [4.78, 5) is 20.2. The fraction of sp³-hybridized carbons (Fsp3) is 0.333. The molecule has 1 aromatic heterocycles. The van der Waals surface area contributed by atoms with E-state index in [1.165, 1.54) is 45.5 Å². The molecule has 1 fully saturated rings. The van der Waals surface area contributed by atoms with Crippen molar-refractivity contribution in [3.05, 3.63) is 47.7 Å². The minimum Gasteiger partial charge on any atom is -0.480 e. The quantitative estimate of drug-likeness (QED) is 0.684. The third-order valence-electron chi connectivity index (χ3n) is 4.78. The molecule has 29 heavy (non-hydrogen) atoms. The normalized spacial score (nSPS) is 19.9. The minimum atomic E-state index is -3.68. The number of anilines is 1. The van der Waals surface area contributed by atoms with Crippen molar-refractivity contribution in [3.8, 4) is 5.88 Å². The smallest absolute Gasteiger partial charge is 0.275 e. The second-order valence-corrected chi connectivity index (χ2v) is 9.58. The van der Waals surface area contributed by atoms with Gasteiger partial charge in [0.15, 0.2) is 9.84 Å². The van der Waals surface area contributed by atoms with E-state index in [2.05, 4.69) is 20.6 Å². The van der Waals surface area contributed by atoms with Gasteiger partial charge >= 0.3 is 0 Å². The van der Waals surface area contributed by atoms with Crippen LogP contribution in [-0.2, 0) is 9.84 Å². The molecule has 1 aliphatic rings. The van der Waals surface area contributed by atoms with Gasteiger partial charge in [-0.05, 0) is 32.0 Å². The van der Waals surface area contributed by atoms with Crippen molar-refractivity contribution < 1.29 is 22.3 Å². The molecule has 0 aliphatic carbocycles. The van der Waals surface area contributed by atoms with E-state index in [0.29, 0.717) is 0 Å². The molecule has 154 valence electrons. The number of ether oxygens (including phenoxy) is 1. The summed E-state index contributed by atoms with van der Waals surface area (Å²) >= 11 is 0. The highest BCUT2D eigenvalue weighted by atomic mass is 32.2. The summed E-state index contributed by atoms with van der Waals surface area (Å²) in [5.41, 5.74) is 0.311. The van der Waals surface area contributed by atoms with Gasteiger partial charge < -0.3 is 15.4 Å². The molecule has 3 rings (SSSR count). The number of carbonyl (C=O) groups excluding carboxylic acids is 1. The lowest BCUT2D eigenvalue weighted by Crippen LogP contribution is -2.56. The second kappa shape index (κ2) is 7.39. The Hall–Kier alpha value is -3.08. The van der Waals surface area contributed by atoms with Crippen molar-refractivity contribution in [2.75, 3.05) is 18.2 Å². The van der Waals surface area contributed by atoms with Gasteiger partial charge in [0.1, 0.15) is 22.1 Å². The second-order valence-electron chi connectivity index (χ2n) is 7.00. The van der Waals surface area contributed by atoms with Crippen molar-refractivity contribution >= 4 is 27.3 Å². The van der Waals surface area contributed by atoms with E-state index in [0.717, 1.165) is 6.07 Å². The van der Waals surface area contributed by atoms with Gasteiger partial charge in [-0.25, -0.2) is 22.8 Å². The van der Waals surface area contributed by atoms with Crippen molar-refractivity contribution in [1.82, 2.24) is 15.3 Å². The molecule has 0 bridgehead atoms. The van der Waals surface area contributed by atoms with Crippen LogP contribution in [0.3, 0.4) is 0 Å². The summed E-state index contributed by atoms with van der Waals surface area (Å²) in [6.07, 6.45) is 2.52. The van der Waals surface area contributed by atoms with Crippen LogP contribution in [0.15, 0.2) is 30.6 Å². The Kier molecular flexibility index (Phi) is 5.26. The highest BCUT2D eigenvalue weighted by Gasteiger charge is 2.45. The standard InChI is InChI=1S/C18H20FN5O4S/c1-18(2)17(20)24-14(9-29(18,26)27)11-6-10(4-5-12(11)19)23-16(25)13-7-22-15(28-3)8-21-13/h4-8,14H,9H2,1-3H3,(H2,20,24)(H,23,25). The molecular formula is C18H20FN5O4S. The SMILES string of the molecule is COc1cnc(C(=O)Nc2ccc(F)c(C3CS(=O)(=O)C(C)(C)C(=N)N3)c2)cn1. The van der Waals surface area contributed by atoms with E-state index in [4.69, 9.17) is 10.1 Å². The summed E-state index contributed by atoms with van der Waals surface area (Å²) in [5, 5.41) is 13.3. The summed E-state index contributed by atoms with van der Waals surface area (Å²) in [6.45, 7) is 2.85. The summed E-state index contributed by atoms with van der Waals surface area (Å²) in [5.74, 6) is -1.55. The molecule has 1 amide bonds. The lowest BCUT2D eigenvalue weighted by Gasteiger charge is -2.36. The third-order valence-corrected chi connectivity index (χ3v) is 7.31. The predicted molar refractivity (Wildman–Crippen MR) is 104 cm³/mol. The highest BCUT2D eigenvalue weighted by molar-refractivity contribution is 7.93. The zero-order valence-corrected chi connectivity index (χ0v) is 16.8. The number of halogens is 1. The Balaban J connectivity index is 1.85. The topological polar surface area (TPSA) is 134 Å². The van der Waals surface area contributed by atoms with Crippen LogP contribution in [0.2, 0.25) is 0 Å². The van der Waals surface area contributed by atoms with Crippen LogP contribution in [0.5, 0.6) is 5.88 Å². The van der Waals surface area contributed by atoms with Crippen molar-refractivity contribution in [3.63, 3.8) is 0 Å². The van der Waals surface area contributed by atoms with Crippen LogP contribution in [0.25, 0.3) is 0 Å². The van der Waals surface area contributed by atoms with Crippen LogP contribution in [0, 0.1) is 11.2 Å². The first-order valence-electron chi connectivity index (χ1n) is 8.60. The average molecular weight is 421 g/mol. The molecule has 0 saturated carbocycles. The van der Waals surface area contributed by atoms with E-state index in [1.54, 1.807) is 0 Å². The molecular weight excluding hydrogens is 401 g/mol. The predicted octanol–water partition coefficient (Wildman–Crippen LogP) is 1.69. The highest BCUT2D eigenvalue weighted by Crippen LogP contribution is 2.31. The fourth-order valence-electron chi connectivity index (χ4n) is 2.76. The Morgan fingerprint density at radius 2 is 2.07 bits per heavy atom. The maximum Gasteiger partial charge on any atom is 0.275 e. The van der Waals surface area contributed by atoms with E-state index in [-0.39, 0.29) is 34.4 Å².